The van der Waals surface area contributed by atoms with E-state index < -0.39 is 5.41 Å². The Balaban J connectivity index is 2.18. The van der Waals surface area contributed by atoms with Gasteiger partial charge in [-0.1, -0.05) is 30.3 Å². The van der Waals surface area contributed by atoms with Gasteiger partial charge in [0.2, 0.25) is 5.91 Å². The lowest BCUT2D eigenvalue weighted by molar-refractivity contribution is -0.136. The second-order valence-corrected chi connectivity index (χ2v) is 5.63. The van der Waals surface area contributed by atoms with Crippen LogP contribution < -0.4 is 0 Å². The van der Waals surface area contributed by atoms with Gasteiger partial charge in [0, 0.05) is 12.6 Å². The first-order valence-corrected chi connectivity index (χ1v) is 6.81. The zero-order chi connectivity index (χ0) is 13.9. The smallest absolute Gasteiger partial charge is 0.232 e. The SMILES string of the molecule is CC(C)(C(=O)N(CCC#N)C1CC1)c1ccccc1. The van der Waals surface area contributed by atoms with Crippen LogP contribution in [0.5, 0.6) is 0 Å². The number of carbonyl (C=O) groups is 1. The van der Waals surface area contributed by atoms with Gasteiger partial charge in [-0.3, -0.25) is 4.79 Å². The van der Waals surface area contributed by atoms with E-state index in [0.29, 0.717) is 19.0 Å². The van der Waals surface area contributed by atoms with Gasteiger partial charge in [-0.2, -0.15) is 5.26 Å². The summed E-state index contributed by atoms with van der Waals surface area (Å²) in [5.74, 6) is 0.136. The van der Waals surface area contributed by atoms with Crippen LogP contribution in [0.1, 0.15) is 38.7 Å². The molecule has 1 aliphatic carbocycles. The Morgan fingerprint density at radius 2 is 2.00 bits per heavy atom. The van der Waals surface area contributed by atoms with E-state index >= 15 is 0 Å². The van der Waals surface area contributed by atoms with Crippen molar-refractivity contribution in [1.29, 1.82) is 5.26 Å². The van der Waals surface area contributed by atoms with Crippen molar-refractivity contribution in [3.63, 3.8) is 0 Å². The Hall–Kier alpha value is -1.82. The fourth-order valence-corrected chi connectivity index (χ4v) is 2.34. The van der Waals surface area contributed by atoms with Crippen LogP contribution in [-0.4, -0.2) is 23.4 Å². The topological polar surface area (TPSA) is 44.1 Å². The quantitative estimate of drug-likeness (QED) is 0.813. The molecular weight excluding hydrogens is 236 g/mol. The Morgan fingerprint density at radius 3 is 2.53 bits per heavy atom. The van der Waals surface area contributed by atoms with Crippen LogP contribution in [0.2, 0.25) is 0 Å². The van der Waals surface area contributed by atoms with E-state index in [1.54, 1.807) is 0 Å². The third-order valence-electron chi connectivity index (χ3n) is 3.74. The van der Waals surface area contributed by atoms with Crippen LogP contribution in [0.15, 0.2) is 30.3 Å². The molecule has 3 nitrogen and oxygen atoms in total. The van der Waals surface area contributed by atoms with Crippen LogP contribution in [0.25, 0.3) is 0 Å². The summed E-state index contributed by atoms with van der Waals surface area (Å²) in [4.78, 5) is 14.7. The summed E-state index contributed by atoms with van der Waals surface area (Å²) in [7, 11) is 0. The second-order valence-electron chi connectivity index (χ2n) is 5.63. The van der Waals surface area contributed by atoms with E-state index in [2.05, 4.69) is 6.07 Å². The summed E-state index contributed by atoms with van der Waals surface area (Å²) in [6.07, 6.45) is 2.55. The molecule has 1 aliphatic rings. The van der Waals surface area contributed by atoms with Crippen molar-refractivity contribution in [2.75, 3.05) is 6.54 Å². The minimum atomic E-state index is -0.528. The summed E-state index contributed by atoms with van der Waals surface area (Å²) < 4.78 is 0. The van der Waals surface area contributed by atoms with Crippen LogP contribution in [0.3, 0.4) is 0 Å². The summed E-state index contributed by atoms with van der Waals surface area (Å²) >= 11 is 0. The molecule has 0 heterocycles. The molecule has 0 bridgehead atoms. The average Bonchev–Trinajstić information content (AvgIpc) is 3.24. The van der Waals surface area contributed by atoms with E-state index in [-0.39, 0.29) is 5.91 Å². The molecule has 0 radical (unpaired) electrons. The lowest BCUT2D eigenvalue weighted by atomic mass is 9.83. The van der Waals surface area contributed by atoms with E-state index in [1.807, 2.05) is 49.1 Å². The molecule has 100 valence electrons. The van der Waals surface area contributed by atoms with E-state index in [0.717, 1.165) is 18.4 Å². The van der Waals surface area contributed by atoms with Gasteiger partial charge in [-0.25, -0.2) is 0 Å². The molecule has 1 saturated carbocycles. The molecule has 1 amide bonds. The lowest BCUT2D eigenvalue weighted by Gasteiger charge is -2.32. The van der Waals surface area contributed by atoms with E-state index in [9.17, 15) is 4.79 Å². The molecule has 0 saturated heterocycles. The molecule has 0 spiro atoms. The molecule has 1 aromatic carbocycles. The van der Waals surface area contributed by atoms with Crippen molar-refractivity contribution in [3.05, 3.63) is 35.9 Å². The molecule has 0 aromatic heterocycles. The summed E-state index contributed by atoms with van der Waals surface area (Å²) in [6, 6.07) is 12.3. The van der Waals surface area contributed by atoms with Gasteiger partial charge >= 0.3 is 0 Å². The highest BCUT2D eigenvalue weighted by atomic mass is 16.2. The highest BCUT2D eigenvalue weighted by Crippen LogP contribution is 2.33. The minimum Gasteiger partial charge on any atom is -0.338 e. The van der Waals surface area contributed by atoms with Gasteiger partial charge in [0.15, 0.2) is 0 Å². The van der Waals surface area contributed by atoms with Gasteiger partial charge in [0.05, 0.1) is 17.9 Å². The Labute approximate surface area is 114 Å². The molecule has 3 heteroatoms. The fourth-order valence-electron chi connectivity index (χ4n) is 2.34. The largest absolute Gasteiger partial charge is 0.338 e. The Morgan fingerprint density at radius 1 is 1.37 bits per heavy atom. The van der Waals surface area contributed by atoms with Crippen molar-refractivity contribution in [2.45, 2.75) is 44.6 Å². The number of amides is 1. The summed E-state index contributed by atoms with van der Waals surface area (Å²) in [6.45, 7) is 4.48. The predicted octanol–water partition coefficient (Wildman–Crippen LogP) is 2.87. The van der Waals surface area contributed by atoms with Gasteiger partial charge in [-0.15, -0.1) is 0 Å². The average molecular weight is 256 g/mol. The third kappa shape index (κ3) is 2.96. The molecule has 0 unspecified atom stereocenters. The predicted molar refractivity (Wildman–Crippen MR) is 74.4 cm³/mol. The van der Waals surface area contributed by atoms with Crippen LogP contribution >= 0.6 is 0 Å². The fraction of sp³-hybridized carbons (Fsp3) is 0.500. The number of benzene rings is 1. The standard InChI is InChI=1S/C16H20N2O/c1-16(2,13-7-4-3-5-8-13)15(19)18(12-6-11-17)14-9-10-14/h3-5,7-8,14H,6,9-10,12H2,1-2H3. The minimum absolute atomic E-state index is 0.136. The number of hydrogen-bond donors (Lipinski definition) is 0. The number of carbonyl (C=O) groups excluding carboxylic acids is 1. The molecule has 2 rings (SSSR count). The molecule has 1 aromatic rings. The summed E-state index contributed by atoms with van der Waals surface area (Å²) in [5.41, 5.74) is 0.502. The first-order valence-electron chi connectivity index (χ1n) is 6.81. The van der Waals surface area contributed by atoms with Gasteiger partial charge in [-0.05, 0) is 32.3 Å². The Kier molecular flexibility index (Phi) is 3.90. The van der Waals surface area contributed by atoms with Crippen molar-refractivity contribution in [3.8, 4) is 6.07 Å². The highest BCUT2D eigenvalue weighted by molar-refractivity contribution is 5.87. The monoisotopic (exact) mass is 256 g/mol. The molecule has 19 heavy (non-hydrogen) atoms. The molecule has 0 N–H and O–H groups in total. The van der Waals surface area contributed by atoms with E-state index in [1.165, 1.54) is 0 Å². The Bertz CT molecular complexity index is 483. The molecule has 0 atom stereocenters. The maximum atomic E-state index is 12.8. The highest BCUT2D eigenvalue weighted by Gasteiger charge is 2.40. The molecular formula is C16H20N2O. The first-order chi connectivity index (χ1) is 9.07. The van der Waals surface area contributed by atoms with Gasteiger partial charge in [0.25, 0.3) is 0 Å². The maximum Gasteiger partial charge on any atom is 0.232 e. The van der Waals surface area contributed by atoms with Gasteiger partial charge < -0.3 is 4.90 Å². The number of nitrogens with zero attached hydrogens (tertiary/aromatic N) is 2. The first kappa shape index (κ1) is 13.6. The van der Waals surface area contributed by atoms with Crippen LogP contribution in [-0.2, 0) is 10.2 Å². The number of hydrogen-bond acceptors (Lipinski definition) is 2. The van der Waals surface area contributed by atoms with Gasteiger partial charge in [0.1, 0.15) is 0 Å². The lowest BCUT2D eigenvalue weighted by Crippen LogP contribution is -2.45. The van der Waals surface area contributed by atoms with Crippen LogP contribution in [0, 0.1) is 11.3 Å². The molecule has 1 fully saturated rings. The zero-order valence-electron chi connectivity index (χ0n) is 11.6. The van der Waals surface area contributed by atoms with Crippen molar-refractivity contribution >= 4 is 5.91 Å². The van der Waals surface area contributed by atoms with Crippen LogP contribution in [0.4, 0.5) is 0 Å². The second kappa shape index (κ2) is 5.44. The van der Waals surface area contributed by atoms with Crippen molar-refractivity contribution in [2.24, 2.45) is 0 Å². The zero-order valence-corrected chi connectivity index (χ0v) is 11.6. The number of nitriles is 1. The van der Waals surface area contributed by atoms with E-state index in [4.69, 9.17) is 5.26 Å². The normalized spacial score (nSPS) is 14.8. The maximum absolute atomic E-state index is 12.8. The van der Waals surface area contributed by atoms with Crippen molar-refractivity contribution < 1.29 is 4.79 Å². The summed E-state index contributed by atoms with van der Waals surface area (Å²) in [5, 5.41) is 8.73. The molecule has 0 aliphatic heterocycles. The van der Waals surface area contributed by atoms with Crippen molar-refractivity contribution in [1.82, 2.24) is 4.90 Å². The number of rotatable bonds is 5. The third-order valence-corrected chi connectivity index (χ3v) is 3.74.